The predicted molar refractivity (Wildman–Crippen MR) is 140 cm³/mol. The second-order valence-corrected chi connectivity index (χ2v) is 10.9. The van der Waals surface area contributed by atoms with Crippen molar-refractivity contribution in [3.63, 3.8) is 0 Å². The average Bonchev–Trinajstić information content (AvgIpc) is 3.43. The van der Waals surface area contributed by atoms with Crippen molar-refractivity contribution in [2.24, 2.45) is 5.41 Å². The zero-order chi connectivity index (χ0) is 26.5. The topological polar surface area (TPSA) is 96.9 Å². The van der Waals surface area contributed by atoms with Crippen LogP contribution in [0.25, 0.3) is 22.4 Å². The lowest BCUT2D eigenvalue weighted by atomic mass is 9.68. The van der Waals surface area contributed by atoms with Crippen LogP contribution in [0.4, 0.5) is 14.9 Å². The molecule has 0 N–H and O–H groups in total. The number of rotatable bonds is 4. The van der Waals surface area contributed by atoms with Crippen molar-refractivity contribution in [1.82, 2.24) is 19.5 Å². The molecule has 38 heavy (non-hydrogen) atoms. The number of nitriles is 1. The Morgan fingerprint density at radius 1 is 1.11 bits per heavy atom. The molecule has 2 fully saturated rings. The van der Waals surface area contributed by atoms with Crippen LogP contribution in [0.3, 0.4) is 0 Å². The summed E-state index contributed by atoms with van der Waals surface area (Å²) in [6, 6.07) is 12.5. The molecule has 1 aromatic carbocycles. The molecule has 4 aromatic rings. The molecule has 1 saturated heterocycles. The van der Waals surface area contributed by atoms with Crippen LogP contribution in [-0.2, 0) is 11.3 Å². The summed E-state index contributed by atoms with van der Waals surface area (Å²) in [6.45, 7) is 5.34. The van der Waals surface area contributed by atoms with E-state index in [9.17, 15) is 14.4 Å². The van der Waals surface area contributed by atoms with Gasteiger partial charge in [-0.25, -0.2) is 14.2 Å². The van der Waals surface area contributed by atoms with Crippen LogP contribution >= 0.6 is 0 Å². The minimum Gasteiger partial charge on any atom is -0.441 e. The first-order valence-electron chi connectivity index (χ1n) is 12.7. The van der Waals surface area contributed by atoms with Gasteiger partial charge in [0.15, 0.2) is 0 Å². The molecule has 0 bridgehead atoms. The Balaban J connectivity index is 1.23. The Hall–Kier alpha value is -4.32. The summed E-state index contributed by atoms with van der Waals surface area (Å²) < 4.78 is 21.5. The zero-order valence-electron chi connectivity index (χ0n) is 21.3. The van der Waals surface area contributed by atoms with Crippen LogP contribution in [0, 0.1) is 29.5 Å². The van der Waals surface area contributed by atoms with E-state index < -0.39 is 11.4 Å². The maximum Gasteiger partial charge on any atom is 0.415 e. The molecule has 1 spiro atoms. The van der Waals surface area contributed by atoms with Crippen LogP contribution in [0.15, 0.2) is 55.1 Å². The summed E-state index contributed by atoms with van der Waals surface area (Å²) in [4.78, 5) is 28.0. The summed E-state index contributed by atoms with van der Waals surface area (Å²) in [5.41, 5.74) is 4.46. The third kappa shape index (κ3) is 4.26. The van der Waals surface area contributed by atoms with Crippen LogP contribution < -0.4 is 4.90 Å². The van der Waals surface area contributed by atoms with E-state index in [1.54, 1.807) is 23.2 Å². The van der Waals surface area contributed by atoms with Crippen LogP contribution in [0.1, 0.15) is 43.7 Å². The number of ether oxygens (including phenoxy) is 1. The molecule has 9 heteroatoms. The van der Waals surface area contributed by atoms with Crippen molar-refractivity contribution in [3.05, 3.63) is 72.1 Å². The minimum absolute atomic E-state index is 0.115. The Morgan fingerprint density at radius 3 is 2.71 bits per heavy atom. The largest absolute Gasteiger partial charge is 0.441 e. The summed E-state index contributed by atoms with van der Waals surface area (Å²) in [7, 11) is 0. The highest BCUT2D eigenvalue weighted by atomic mass is 19.1. The lowest BCUT2D eigenvalue weighted by molar-refractivity contribution is -0.0264. The Labute approximate surface area is 219 Å². The minimum atomic E-state index is -0.581. The van der Waals surface area contributed by atoms with Gasteiger partial charge in [-0.05, 0) is 80.0 Å². The normalized spacial score (nSPS) is 23.1. The predicted octanol–water partition coefficient (Wildman–Crippen LogP) is 5.79. The Kier molecular flexibility index (Phi) is 5.64. The van der Waals surface area contributed by atoms with Gasteiger partial charge in [0.25, 0.3) is 0 Å². The second-order valence-electron chi connectivity index (χ2n) is 10.9. The number of hydrogen-bond acceptors (Lipinski definition) is 6. The van der Waals surface area contributed by atoms with Crippen molar-refractivity contribution in [2.75, 3.05) is 11.4 Å². The van der Waals surface area contributed by atoms with Gasteiger partial charge in [0, 0.05) is 6.54 Å². The van der Waals surface area contributed by atoms with Gasteiger partial charge in [0.2, 0.25) is 0 Å². The van der Waals surface area contributed by atoms with Crippen molar-refractivity contribution < 1.29 is 13.9 Å². The van der Waals surface area contributed by atoms with Gasteiger partial charge in [0.05, 0.1) is 65.0 Å². The van der Waals surface area contributed by atoms with Crippen LogP contribution in [0.2, 0.25) is 0 Å². The summed E-state index contributed by atoms with van der Waals surface area (Å²) in [6.07, 6.45) is 7.78. The molecule has 4 heterocycles. The zero-order valence-corrected chi connectivity index (χ0v) is 21.3. The van der Waals surface area contributed by atoms with Gasteiger partial charge < -0.3 is 9.30 Å². The molecule has 1 amide bonds. The van der Waals surface area contributed by atoms with Gasteiger partial charge in [-0.3, -0.25) is 14.9 Å². The van der Waals surface area contributed by atoms with Crippen LogP contribution in [-0.4, -0.2) is 37.8 Å². The molecule has 1 aliphatic carbocycles. The molecule has 1 saturated carbocycles. The number of anilines is 1. The first-order valence-corrected chi connectivity index (χ1v) is 12.7. The highest BCUT2D eigenvalue weighted by Crippen LogP contribution is 2.48. The highest BCUT2D eigenvalue weighted by molar-refractivity contribution is 5.91. The summed E-state index contributed by atoms with van der Waals surface area (Å²) >= 11 is 0. The smallest absolute Gasteiger partial charge is 0.415 e. The fraction of sp³-hybridized carbons (Fsp3) is 0.345. The van der Waals surface area contributed by atoms with E-state index in [1.165, 1.54) is 6.07 Å². The summed E-state index contributed by atoms with van der Waals surface area (Å²) in [5.74, 6) is -0.403. The van der Waals surface area contributed by atoms with Crippen molar-refractivity contribution in [2.45, 2.75) is 51.7 Å². The Morgan fingerprint density at radius 2 is 1.95 bits per heavy atom. The van der Waals surface area contributed by atoms with Crippen molar-refractivity contribution in [3.8, 4) is 17.5 Å². The number of hydrogen-bond donors (Lipinski definition) is 0. The number of fused-ring (bicyclic) bond motifs is 1. The molecule has 192 valence electrons. The highest BCUT2D eigenvalue weighted by Gasteiger charge is 2.52. The summed E-state index contributed by atoms with van der Waals surface area (Å²) in [5, 5.41) is 9.33. The fourth-order valence-corrected chi connectivity index (χ4v) is 6.12. The number of carbonyl (C=O) groups is 1. The molecule has 2 atom stereocenters. The van der Waals surface area contributed by atoms with E-state index >= 15 is 0 Å². The lowest BCUT2D eigenvalue weighted by Crippen LogP contribution is -2.45. The third-order valence-corrected chi connectivity index (χ3v) is 7.80. The number of pyridine rings is 2. The number of nitrogens with zero attached hydrogens (tertiary/aromatic N) is 6. The van der Waals surface area contributed by atoms with Gasteiger partial charge in [-0.15, -0.1) is 0 Å². The molecular weight excluding hydrogens is 483 g/mol. The van der Waals surface area contributed by atoms with Gasteiger partial charge >= 0.3 is 6.09 Å². The maximum atomic E-state index is 13.3. The number of halogens is 1. The number of aromatic nitrogens is 4. The number of carbonyl (C=O) groups excluding carboxylic acids is 1. The molecule has 6 rings (SSSR count). The van der Waals surface area contributed by atoms with E-state index in [2.05, 4.69) is 32.5 Å². The van der Waals surface area contributed by atoms with Crippen molar-refractivity contribution >= 4 is 22.8 Å². The second kappa shape index (κ2) is 8.91. The molecule has 8 nitrogen and oxygen atoms in total. The Bertz CT molecular complexity index is 1590. The van der Waals surface area contributed by atoms with E-state index in [4.69, 9.17) is 4.74 Å². The fourth-order valence-electron chi connectivity index (χ4n) is 6.12. The van der Waals surface area contributed by atoms with Gasteiger partial charge in [-0.2, -0.15) is 5.26 Å². The van der Waals surface area contributed by atoms with Crippen LogP contribution in [0.5, 0.6) is 0 Å². The van der Waals surface area contributed by atoms with E-state index in [-0.39, 0.29) is 11.5 Å². The molecule has 2 aliphatic rings. The first-order chi connectivity index (χ1) is 18.3. The van der Waals surface area contributed by atoms with Gasteiger partial charge in [-0.1, -0.05) is 6.92 Å². The quantitative estimate of drug-likeness (QED) is 0.345. The lowest BCUT2D eigenvalue weighted by Gasteiger charge is -2.43. The monoisotopic (exact) mass is 510 g/mol. The van der Waals surface area contributed by atoms with E-state index in [0.717, 1.165) is 55.0 Å². The number of aryl methyl sites for hydroxylation is 1. The maximum absolute atomic E-state index is 13.3. The van der Waals surface area contributed by atoms with E-state index in [1.807, 2.05) is 31.5 Å². The number of benzene rings is 1. The molecular formula is C29H27FN6O2. The van der Waals surface area contributed by atoms with Gasteiger partial charge in [0.1, 0.15) is 11.4 Å². The molecule has 1 aliphatic heterocycles. The SMILES string of the molecule is Cc1cc(-c2ccc(F)cn2)ncc1N1CC2(CCCC(C)(Cn3cnc4ccc(C#N)cc43)C2)OC1=O. The third-order valence-electron chi connectivity index (χ3n) is 7.80. The van der Waals surface area contributed by atoms with Crippen molar-refractivity contribution in [1.29, 1.82) is 5.26 Å². The van der Waals surface area contributed by atoms with E-state index in [0.29, 0.717) is 29.2 Å². The number of imidazole rings is 1. The first kappa shape index (κ1) is 24.0. The number of amides is 1. The average molecular weight is 511 g/mol. The molecule has 2 unspecified atom stereocenters. The molecule has 3 aromatic heterocycles. The standard InChI is InChI=1S/C29H27FN6O2/c1-19-10-24(22-7-5-21(30)13-32-22)33-14-26(19)36-17-29(38-27(36)37)9-3-8-28(2,15-29)16-35-18-34-23-6-4-20(12-31)11-25(23)35/h4-7,10-11,13-14,18H,3,8-9,15-17H2,1-2H3. The molecule has 0 radical (unpaired) electrons.